The lowest BCUT2D eigenvalue weighted by Crippen LogP contribution is -2.50. The first-order valence-electron chi connectivity index (χ1n) is 8.16. The largest absolute Gasteiger partial charge is 0.335 e. The lowest BCUT2D eigenvalue weighted by molar-refractivity contribution is 0.0532. The topological polar surface area (TPSA) is 99.7 Å². The van der Waals surface area contributed by atoms with Crippen LogP contribution in [0.15, 0.2) is 42.6 Å². The summed E-state index contributed by atoms with van der Waals surface area (Å²) in [4.78, 5) is 32.4. The van der Waals surface area contributed by atoms with Crippen molar-refractivity contribution in [1.82, 2.24) is 14.8 Å². The molecule has 8 nitrogen and oxygen atoms in total. The van der Waals surface area contributed by atoms with E-state index in [4.69, 9.17) is 11.6 Å². The molecule has 0 unspecified atom stereocenters. The summed E-state index contributed by atoms with van der Waals surface area (Å²) in [5.41, 5.74) is 0.954. The van der Waals surface area contributed by atoms with E-state index < -0.39 is 10.9 Å². The molecule has 0 atom stereocenters. The quantitative estimate of drug-likeness (QED) is 0.742. The average Bonchev–Trinajstić information content (AvgIpc) is 2.69. The molecule has 1 N–H and O–H groups in total. The van der Waals surface area contributed by atoms with Crippen molar-refractivity contribution in [2.24, 2.45) is 0 Å². The number of carbonyl (C=O) groups excluding carboxylic acids is 2. The van der Waals surface area contributed by atoms with Gasteiger partial charge in [-0.2, -0.15) is 0 Å². The van der Waals surface area contributed by atoms with Gasteiger partial charge in [0.15, 0.2) is 0 Å². The molecule has 1 aliphatic rings. The van der Waals surface area contributed by atoms with Crippen LogP contribution in [0.1, 0.15) is 20.8 Å². The van der Waals surface area contributed by atoms with Gasteiger partial charge in [-0.3, -0.25) is 19.3 Å². The number of benzene rings is 1. The molecule has 0 saturated carbocycles. The number of hydrogen-bond donors (Lipinski definition) is 2. The third-order valence-corrected chi connectivity index (χ3v) is 4.90. The van der Waals surface area contributed by atoms with E-state index in [0.29, 0.717) is 37.4 Å². The van der Waals surface area contributed by atoms with E-state index >= 15 is 0 Å². The van der Waals surface area contributed by atoms with Gasteiger partial charge >= 0.3 is 0 Å². The molecule has 3 rings (SSSR count). The maximum absolute atomic E-state index is 12.6. The average molecular weight is 409 g/mol. The highest BCUT2D eigenvalue weighted by molar-refractivity contribution is 7.73. The van der Waals surface area contributed by atoms with Gasteiger partial charge in [-0.1, -0.05) is 17.7 Å². The molecule has 10 heteroatoms. The first-order chi connectivity index (χ1) is 13.0. The van der Waals surface area contributed by atoms with E-state index in [-0.39, 0.29) is 22.5 Å². The second kappa shape index (κ2) is 8.36. The smallest absolute Gasteiger partial charge is 0.272 e. The summed E-state index contributed by atoms with van der Waals surface area (Å²) in [7, 11) is -2.83. The number of pyridine rings is 1. The van der Waals surface area contributed by atoms with Gasteiger partial charge in [0.1, 0.15) is 5.69 Å². The highest BCUT2D eigenvalue weighted by Gasteiger charge is 2.26. The molecular formula is C17H17ClN4O4S. The third kappa shape index (κ3) is 4.55. The van der Waals surface area contributed by atoms with Crippen molar-refractivity contribution < 1.29 is 18.0 Å². The minimum atomic E-state index is -2.83. The second-order valence-corrected chi connectivity index (χ2v) is 7.01. The number of nitrogens with zero attached hydrogens (tertiary/aromatic N) is 3. The van der Waals surface area contributed by atoms with Crippen LogP contribution in [0, 0.1) is 0 Å². The van der Waals surface area contributed by atoms with E-state index in [2.05, 4.69) is 9.71 Å². The Balaban J connectivity index is 1.63. The van der Waals surface area contributed by atoms with Crippen molar-refractivity contribution >= 4 is 40.0 Å². The Hall–Kier alpha value is -2.65. The van der Waals surface area contributed by atoms with Crippen LogP contribution in [-0.4, -0.2) is 61.2 Å². The van der Waals surface area contributed by atoms with Crippen LogP contribution in [0.2, 0.25) is 5.02 Å². The number of hydrogen-bond acceptors (Lipinski definition) is 5. The SMILES string of the molecule is O=C(c1ccc(N[SH](=O)=O)c(Cl)c1)N1CCN(C(=O)c2ccccn2)CC1. The molecule has 0 radical (unpaired) electrons. The number of thiol groups is 1. The van der Waals surface area contributed by atoms with Gasteiger partial charge in [0.2, 0.25) is 10.9 Å². The standard InChI is InChI=1S/C17H17ClN4O4S/c18-13-11-12(4-5-14(13)20-27(25)26)16(23)21-7-9-22(10-8-21)17(24)15-3-1-2-6-19-15/h1-6,11,27H,7-10H2,(H,20,25,26). The van der Waals surface area contributed by atoms with Crippen molar-refractivity contribution in [3.63, 3.8) is 0 Å². The van der Waals surface area contributed by atoms with Crippen molar-refractivity contribution in [1.29, 1.82) is 0 Å². The van der Waals surface area contributed by atoms with Crippen molar-refractivity contribution in [3.8, 4) is 0 Å². The molecule has 1 saturated heterocycles. The summed E-state index contributed by atoms with van der Waals surface area (Å²) in [6.45, 7) is 1.60. The van der Waals surface area contributed by atoms with Gasteiger partial charge < -0.3 is 9.80 Å². The molecule has 1 aromatic heterocycles. The lowest BCUT2D eigenvalue weighted by Gasteiger charge is -2.34. The molecule has 2 heterocycles. The molecule has 142 valence electrons. The van der Waals surface area contributed by atoms with Crippen LogP contribution in [0.4, 0.5) is 5.69 Å². The number of aromatic nitrogens is 1. The van der Waals surface area contributed by atoms with Gasteiger partial charge in [-0.25, -0.2) is 8.42 Å². The normalized spacial score (nSPS) is 14.3. The molecule has 0 aliphatic carbocycles. The molecule has 27 heavy (non-hydrogen) atoms. The van der Waals surface area contributed by atoms with Crippen molar-refractivity contribution in [2.45, 2.75) is 0 Å². The summed E-state index contributed by atoms with van der Waals surface area (Å²) in [6.07, 6.45) is 1.57. The van der Waals surface area contributed by atoms with Crippen LogP contribution in [0.25, 0.3) is 0 Å². The van der Waals surface area contributed by atoms with Crippen LogP contribution in [0.5, 0.6) is 0 Å². The molecular weight excluding hydrogens is 392 g/mol. The maximum atomic E-state index is 12.6. The predicted octanol–water partition coefficient (Wildman–Crippen LogP) is 1.27. The van der Waals surface area contributed by atoms with Gasteiger partial charge in [0.05, 0.1) is 10.7 Å². The Labute approximate surface area is 162 Å². The highest BCUT2D eigenvalue weighted by atomic mass is 35.5. The lowest BCUT2D eigenvalue weighted by atomic mass is 10.1. The fourth-order valence-electron chi connectivity index (χ4n) is 2.78. The van der Waals surface area contributed by atoms with E-state index in [0.717, 1.165) is 0 Å². The van der Waals surface area contributed by atoms with Gasteiger partial charge in [0, 0.05) is 37.9 Å². The second-order valence-electron chi connectivity index (χ2n) is 5.86. The van der Waals surface area contributed by atoms with Crippen LogP contribution >= 0.6 is 11.6 Å². The van der Waals surface area contributed by atoms with E-state index in [9.17, 15) is 18.0 Å². The summed E-state index contributed by atoms with van der Waals surface area (Å²) >= 11 is 6.03. The van der Waals surface area contributed by atoms with E-state index in [1.165, 1.54) is 18.2 Å². The first-order valence-corrected chi connectivity index (χ1v) is 9.71. The fraction of sp³-hybridized carbons (Fsp3) is 0.235. The van der Waals surface area contributed by atoms with E-state index in [1.807, 2.05) is 0 Å². The minimum absolute atomic E-state index is 0.143. The highest BCUT2D eigenvalue weighted by Crippen LogP contribution is 2.24. The Kier molecular flexibility index (Phi) is 5.92. The molecule has 0 spiro atoms. The summed E-state index contributed by atoms with van der Waals surface area (Å²) < 4.78 is 23.7. The number of nitrogens with one attached hydrogen (secondary N) is 1. The molecule has 2 aromatic rings. The number of anilines is 1. The Morgan fingerprint density at radius 1 is 1.00 bits per heavy atom. The first kappa shape index (κ1) is 19.1. The van der Waals surface area contributed by atoms with Crippen LogP contribution < -0.4 is 4.72 Å². The summed E-state index contributed by atoms with van der Waals surface area (Å²) in [5, 5.41) is 0.143. The van der Waals surface area contributed by atoms with Gasteiger partial charge in [0.25, 0.3) is 11.8 Å². The van der Waals surface area contributed by atoms with Crippen molar-refractivity contribution in [3.05, 3.63) is 58.9 Å². The minimum Gasteiger partial charge on any atom is -0.335 e. The molecule has 1 aliphatic heterocycles. The van der Waals surface area contributed by atoms with Gasteiger partial charge in [-0.15, -0.1) is 0 Å². The number of halogens is 1. The number of carbonyl (C=O) groups is 2. The Bertz CT molecular complexity index is 920. The molecule has 1 aromatic carbocycles. The zero-order chi connectivity index (χ0) is 19.4. The number of piperazine rings is 1. The molecule has 2 amide bonds. The zero-order valence-electron chi connectivity index (χ0n) is 14.2. The van der Waals surface area contributed by atoms with Gasteiger partial charge in [-0.05, 0) is 30.3 Å². The third-order valence-electron chi connectivity index (χ3n) is 4.17. The zero-order valence-corrected chi connectivity index (χ0v) is 15.8. The Morgan fingerprint density at radius 2 is 1.67 bits per heavy atom. The Morgan fingerprint density at radius 3 is 2.22 bits per heavy atom. The number of rotatable bonds is 4. The van der Waals surface area contributed by atoms with Crippen molar-refractivity contribution in [2.75, 3.05) is 30.9 Å². The van der Waals surface area contributed by atoms with Crippen LogP contribution in [0.3, 0.4) is 0 Å². The summed E-state index contributed by atoms with van der Waals surface area (Å²) in [5.74, 6) is -0.382. The maximum Gasteiger partial charge on any atom is 0.272 e. The number of amides is 2. The molecule has 1 fully saturated rings. The monoisotopic (exact) mass is 408 g/mol. The summed E-state index contributed by atoms with van der Waals surface area (Å²) in [6, 6.07) is 9.55. The van der Waals surface area contributed by atoms with Crippen LogP contribution in [-0.2, 0) is 10.9 Å². The fourth-order valence-corrected chi connectivity index (χ4v) is 3.47. The molecule has 0 bridgehead atoms. The van der Waals surface area contributed by atoms with E-state index in [1.54, 1.807) is 34.2 Å². The predicted molar refractivity (Wildman–Crippen MR) is 101 cm³/mol.